The van der Waals surface area contributed by atoms with Gasteiger partial charge in [0.05, 0.1) is 19.6 Å². The summed E-state index contributed by atoms with van der Waals surface area (Å²) in [5.41, 5.74) is 1.75. The highest BCUT2D eigenvalue weighted by atomic mass is 19.1. The molecule has 0 N–H and O–H groups in total. The number of anilines is 1. The quantitative estimate of drug-likeness (QED) is 0.824. The number of hydrogen-bond donors (Lipinski definition) is 0. The van der Waals surface area contributed by atoms with E-state index in [-0.39, 0.29) is 24.1 Å². The molecule has 2 heterocycles. The van der Waals surface area contributed by atoms with E-state index in [0.29, 0.717) is 5.56 Å². The summed E-state index contributed by atoms with van der Waals surface area (Å²) < 4.78 is 18.8. The molecule has 1 aliphatic rings. The number of ether oxygens (including phenoxy) is 1. The van der Waals surface area contributed by atoms with E-state index in [2.05, 4.69) is 4.98 Å². The van der Waals surface area contributed by atoms with E-state index in [9.17, 15) is 9.18 Å². The van der Waals surface area contributed by atoms with Crippen molar-refractivity contribution in [2.75, 3.05) is 32.6 Å². The lowest BCUT2D eigenvalue weighted by Crippen LogP contribution is -2.32. The Morgan fingerprint density at radius 1 is 1.35 bits per heavy atom. The van der Waals surface area contributed by atoms with Crippen LogP contribution in [0.1, 0.15) is 30.0 Å². The Bertz CT molecular complexity index is 794. The monoisotopic (exact) mass is 357 g/mol. The van der Waals surface area contributed by atoms with Crippen molar-refractivity contribution in [3.05, 3.63) is 53.5 Å². The third-order valence-corrected chi connectivity index (χ3v) is 4.76. The lowest BCUT2D eigenvalue weighted by Gasteiger charge is -2.26. The maximum Gasteiger partial charge on any atom is 0.227 e. The fourth-order valence-corrected chi connectivity index (χ4v) is 3.39. The van der Waals surface area contributed by atoms with Crippen LogP contribution in [0.15, 0.2) is 36.5 Å². The Balaban J connectivity index is 1.76. The van der Waals surface area contributed by atoms with Crippen LogP contribution in [0, 0.1) is 5.82 Å². The molecule has 1 amide bonds. The van der Waals surface area contributed by atoms with Gasteiger partial charge in [-0.1, -0.05) is 6.07 Å². The van der Waals surface area contributed by atoms with E-state index in [4.69, 9.17) is 4.74 Å². The second kappa shape index (κ2) is 7.72. The zero-order chi connectivity index (χ0) is 18.7. The van der Waals surface area contributed by atoms with Crippen LogP contribution in [-0.2, 0) is 11.2 Å². The number of benzene rings is 1. The number of nitrogens with zero attached hydrogens (tertiary/aromatic N) is 3. The molecule has 3 rings (SSSR count). The van der Waals surface area contributed by atoms with E-state index in [1.165, 1.54) is 13.2 Å². The second-order valence-electron chi connectivity index (χ2n) is 6.73. The summed E-state index contributed by atoms with van der Waals surface area (Å²) in [5, 5.41) is 0. The first-order valence-electron chi connectivity index (χ1n) is 8.74. The highest BCUT2D eigenvalue weighted by Gasteiger charge is 2.30. The molecule has 0 unspecified atom stereocenters. The second-order valence-corrected chi connectivity index (χ2v) is 6.73. The molecule has 1 saturated heterocycles. The van der Waals surface area contributed by atoms with Crippen molar-refractivity contribution < 1.29 is 13.9 Å². The van der Waals surface area contributed by atoms with Crippen molar-refractivity contribution in [1.29, 1.82) is 0 Å². The molecular weight excluding hydrogens is 333 g/mol. The number of pyridine rings is 1. The van der Waals surface area contributed by atoms with Gasteiger partial charge >= 0.3 is 0 Å². The first-order valence-corrected chi connectivity index (χ1v) is 8.74. The molecule has 5 nitrogen and oxygen atoms in total. The van der Waals surface area contributed by atoms with E-state index in [1.54, 1.807) is 18.3 Å². The van der Waals surface area contributed by atoms with Crippen LogP contribution >= 0.6 is 0 Å². The fraction of sp³-hybridized carbons (Fsp3) is 0.400. The summed E-state index contributed by atoms with van der Waals surface area (Å²) in [6.45, 7) is 0.724. The topological polar surface area (TPSA) is 45.7 Å². The average molecular weight is 357 g/mol. The minimum Gasteiger partial charge on any atom is -0.494 e. The maximum atomic E-state index is 13.9. The number of carbonyl (C=O) groups excluding carboxylic acids is 1. The molecule has 6 heteroatoms. The summed E-state index contributed by atoms with van der Waals surface area (Å²) in [7, 11) is 5.32. The number of halogens is 1. The summed E-state index contributed by atoms with van der Waals surface area (Å²) in [6, 6.07) is 8.72. The van der Waals surface area contributed by atoms with E-state index in [0.717, 1.165) is 30.8 Å². The van der Waals surface area contributed by atoms with Crippen LogP contribution in [0.5, 0.6) is 5.75 Å². The first-order chi connectivity index (χ1) is 12.5. The molecule has 1 fully saturated rings. The summed E-state index contributed by atoms with van der Waals surface area (Å²) >= 11 is 0. The van der Waals surface area contributed by atoms with Gasteiger partial charge in [-0.15, -0.1) is 0 Å². The van der Waals surface area contributed by atoms with E-state index in [1.807, 2.05) is 36.0 Å². The summed E-state index contributed by atoms with van der Waals surface area (Å²) in [5.74, 6) is 0.632. The molecule has 0 radical (unpaired) electrons. The van der Waals surface area contributed by atoms with Crippen molar-refractivity contribution >= 4 is 11.7 Å². The van der Waals surface area contributed by atoms with Crippen LogP contribution in [0.2, 0.25) is 0 Å². The zero-order valence-electron chi connectivity index (χ0n) is 15.4. The highest BCUT2D eigenvalue weighted by Crippen LogP contribution is 2.33. The van der Waals surface area contributed by atoms with E-state index >= 15 is 0 Å². The minimum absolute atomic E-state index is 0.0142. The molecule has 1 aromatic heterocycles. The van der Waals surface area contributed by atoms with Gasteiger partial charge in [-0.2, -0.15) is 0 Å². The van der Waals surface area contributed by atoms with Crippen LogP contribution in [-0.4, -0.2) is 43.5 Å². The zero-order valence-corrected chi connectivity index (χ0v) is 15.4. The molecule has 138 valence electrons. The Labute approximate surface area is 153 Å². The SMILES string of the molecule is COc1ccc(CC(=O)N2CCC[C@H]2c2ccnc(N(C)C)c2)cc1F. The molecule has 0 spiro atoms. The Morgan fingerprint density at radius 2 is 2.15 bits per heavy atom. The Kier molecular flexibility index (Phi) is 5.40. The van der Waals surface area contributed by atoms with Gasteiger partial charge in [0, 0.05) is 26.8 Å². The molecular formula is C20H24FN3O2. The predicted molar refractivity (Wildman–Crippen MR) is 98.9 cm³/mol. The third kappa shape index (κ3) is 3.79. The van der Waals surface area contributed by atoms with Gasteiger partial charge in [0.25, 0.3) is 0 Å². The van der Waals surface area contributed by atoms with Gasteiger partial charge in [-0.25, -0.2) is 9.37 Å². The first kappa shape index (κ1) is 18.2. The lowest BCUT2D eigenvalue weighted by molar-refractivity contribution is -0.131. The number of methoxy groups -OCH3 is 1. The van der Waals surface area contributed by atoms with Crippen LogP contribution in [0.25, 0.3) is 0 Å². The molecule has 2 aromatic rings. The van der Waals surface area contributed by atoms with Crippen LogP contribution in [0.3, 0.4) is 0 Å². The number of amides is 1. The molecule has 0 bridgehead atoms. The van der Waals surface area contributed by atoms with Crippen molar-refractivity contribution in [1.82, 2.24) is 9.88 Å². The number of carbonyl (C=O) groups is 1. The van der Waals surface area contributed by atoms with Crippen LogP contribution in [0.4, 0.5) is 10.2 Å². The van der Waals surface area contributed by atoms with Gasteiger partial charge in [-0.05, 0) is 48.2 Å². The summed E-state index contributed by atoms with van der Waals surface area (Å²) in [6.07, 6.45) is 3.86. The molecule has 1 aliphatic heterocycles. The van der Waals surface area contributed by atoms with Crippen molar-refractivity contribution in [3.63, 3.8) is 0 Å². The summed E-state index contributed by atoms with van der Waals surface area (Å²) in [4.78, 5) is 21.0. The van der Waals surface area contributed by atoms with Gasteiger partial charge in [0.15, 0.2) is 11.6 Å². The van der Waals surface area contributed by atoms with Crippen molar-refractivity contribution in [2.45, 2.75) is 25.3 Å². The minimum atomic E-state index is -0.444. The Hall–Kier alpha value is -2.63. The molecule has 1 atom stereocenters. The van der Waals surface area contributed by atoms with Gasteiger partial charge in [0.2, 0.25) is 5.91 Å². The molecule has 0 aliphatic carbocycles. The number of aromatic nitrogens is 1. The number of likely N-dealkylation sites (tertiary alicyclic amines) is 1. The predicted octanol–water partition coefficient (Wildman–Crippen LogP) is 3.20. The average Bonchev–Trinajstić information content (AvgIpc) is 3.12. The number of rotatable bonds is 5. The number of hydrogen-bond acceptors (Lipinski definition) is 4. The molecule has 0 saturated carbocycles. The molecule has 26 heavy (non-hydrogen) atoms. The largest absolute Gasteiger partial charge is 0.494 e. The van der Waals surface area contributed by atoms with Gasteiger partial charge in [-0.3, -0.25) is 4.79 Å². The van der Waals surface area contributed by atoms with E-state index < -0.39 is 5.82 Å². The normalized spacial score (nSPS) is 16.6. The maximum absolute atomic E-state index is 13.9. The van der Waals surface area contributed by atoms with Crippen molar-refractivity contribution in [2.24, 2.45) is 0 Å². The van der Waals surface area contributed by atoms with Gasteiger partial charge < -0.3 is 14.5 Å². The van der Waals surface area contributed by atoms with Crippen molar-refractivity contribution in [3.8, 4) is 5.75 Å². The standard InChI is InChI=1S/C20H24FN3O2/c1-23(2)19-13-15(8-9-22-19)17-5-4-10-24(17)20(25)12-14-6-7-18(26-3)16(21)11-14/h6-9,11,13,17H,4-5,10,12H2,1-3H3/t17-/m0/s1. The fourth-order valence-electron chi connectivity index (χ4n) is 3.39. The Morgan fingerprint density at radius 3 is 2.85 bits per heavy atom. The third-order valence-electron chi connectivity index (χ3n) is 4.76. The van der Waals surface area contributed by atoms with Crippen LogP contribution < -0.4 is 9.64 Å². The smallest absolute Gasteiger partial charge is 0.227 e. The van der Waals surface area contributed by atoms with Gasteiger partial charge in [0.1, 0.15) is 5.82 Å². The molecule has 1 aromatic carbocycles. The highest BCUT2D eigenvalue weighted by molar-refractivity contribution is 5.79. The lowest BCUT2D eigenvalue weighted by atomic mass is 10.0.